The molecule has 2 aromatic rings. The molecule has 1 aliphatic rings. The lowest BCUT2D eigenvalue weighted by atomic mass is 10.2. The zero-order valence-corrected chi connectivity index (χ0v) is 19.1. The van der Waals surface area contributed by atoms with Crippen LogP contribution >= 0.6 is 11.6 Å². The van der Waals surface area contributed by atoms with Gasteiger partial charge in [-0.3, -0.25) is 14.5 Å². The Balaban J connectivity index is 1.38. The van der Waals surface area contributed by atoms with Crippen LogP contribution in [0.2, 0.25) is 5.02 Å². The number of piperazine rings is 1. The summed E-state index contributed by atoms with van der Waals surface area (Å²) in [5, 5.41) is 3.36. The van der Waals surface area contributed by atoms with Crippen molar-refractivity contribution in [3.05, 3.63) is 53.1 Å². The van der Waals surface area contributed by atoms with Gasteiger partial charge in [0.2, 0.25) is 5.91 Å². The van der Waals surface area contributed by atoms with Crippen molar-refractivity contribution >= 4 is 23.4 Å². The summed E-state index contributed by atoms with van der Waals surface area (Å²) in [5.41, 5.74) is 0.404. The van der Waals surface area contributed by atoms with Crippen LogP contribution in [-0.4, -0.2) is 81.7 Å². The summed E-state index contributed by atoms with van der Waals surface area (Å²) in [7, 11) is 3.04. The second-order valence-corrected chi connectivity index (χ2v) is 7.71. The van der Waals surface area contributed by atoms with E-state index in [0.29, 0.717) is 41.8 Å². The topological polar surface area (TPSA) is 80.3 Å². The average molecular weight is 462 g/mol. The van der Waals surface area contributed by atoms with Gasteiger partial charge in [-0.25, -0.2) is 0 Å². The molecule has 0 aromatic heterocycles. The number of hydrogen-bond acceptors (Lipinski definition) is 6. The third kappa shape index (κ3) is 6.51. The first-order valence-electron chi connectivity index (χ1n) is 10.4. The summed E-state index contributed by atoms with van der Waals surface area (Å²) in [6, 6.07) is 12.2. The third-order valence-corrected chi connectivity index (χ3v) is 5.51. The SMILES string of the molecule is COc1ccc(C(=O)NCC(=O)N2CCN(CCOc3ccc(Cl)cc3)CC2)cc1OC. The Labute approximate surface area is 193 Å². The lowest BCUT2D eigenvalue weighted by Crippen LogP contribution is -2.51. The molecule has 0 atom stereocenters. The molecule has 1 saturated heterocycles. The zero-order valence-electron chi connectivity index (χ0n) is 18.3. The van der Waals surface area contributed by atoms with Gasteiger partial charge in [-0.1, -0.05) is 11.6 Å². The molecule has 1 N–H and O–H groups in total. The number of nitrogens with one attached hydrogen (secondary N) is 1. The summed E-state index contributed by atoms with van der Waals surface area (Å²) in [6.07, 6.45) is 0. The van der Waals surface area contributed by atoms with E-state index >= 15 is 0 Å². The maximum absolute atomic E-state index is 12.5. The highest BCUT2D eigenvalue weighted by Crippen LogP contribution is 2.27. The van der Waals surface area contributed by atoms with E-state index in [1.165, 1.54) is 14.2 Å². The van der Waals surface area contributed by atoms with Crippen molar-refractivity contribution in [1.82, 2.24) is 15.1 Å². The van der Waals surface area contributed by atoms with Crippen LogP contribution in [0.1, 0.15) is 10.4 Å². The molecule has 0 bridgehead atoms. The fourth-order valence-corrected chi connectivity index (χ4v) is 3.52. The van der Waals surface area contributed by atoms with Gasteiger partial charge in [0.25, 0.3) is 5.91 Å². The van der Waals surface area contributed by atoms with Crippen molar-refractivity contribution in [2.45, 2.75) is 0 Å². The minimum absolute atomic E-state index is 0.0488. The molecule has 0 aliphatic carbocycles. The molecule has 1 fully saturated rings. The van der Waals surface area contributed by atoms with Gasteiger partial charge in [-0.05, 0) is 42.5 Å². The largest absolute Gasteiger partial charge is 0.493 e. The lowest BCUT2D eigenvalue weighted by molar-refractivity contribution is -0.131. The normalized spacial score (nSPS) is 14.0. The summed E-state index contributed by atoms with van der Waals surface area (Å²) in [5.74, 6) is 1.35. The Morgan fingerprint density at radius 3 is 2.31 bits per heavy atom. The van der Waals surface area contributed by atoms with E-state index in [4.69, 9.17) is 25.8 Å². The van der Waals surface area contributed by atoms with Gasteiger partial charge < -0.3 is 24.4 Å². The Bertz CT molecular complexity index is 914. The van der Waals surface area contributed by atoms with Gasteiger partial charge in [0, 0.05) is 43.3 Å². The van der Waals surface area contributed by atoms with Gasteiger partial charge in [0.15, 0.2) is 11.5 Å². The van der Waals surface area contributed by atoms with Gasteiger partial charge in [-0.15, -0.1) is 0 Å². The van der Waals surface area contributed by atoms with Crippen molar-refractivity contribution in [2.24, 2.45) is 0 Å². The van der Waals surface area contributed by atoms with Gasteiger partial charge in [-0.2, -0.15) is 0 Å². The number of methoxy groups -OCH3 is 2. The molecular weight excluding hydrogens is 434 g/mol. The van der Waals surface area contributed by atoms with E-state index in [9.17, 15) is 9.59 Å². The van der Waals surface area contributed by atoms with Crippen LogP contribution in [-0.2, 0) is 4.79 Å². The highest BCUT2D eigenvalue weighted by atomic mass is 35.5. The number of amides is 2. The number of nitrogens with zero attached hydrogens (tertiary/aromatic N) is 2. The van der Waals surface area contributed by atoms with Gasteiger partial charge in [0.1, 0.15) is 12.4 Å². The molecule has 9 heteroatoms. The number of ether oxygens (including phenoxy) is 3. The average Bonchev–Trinajstić information content (AvgIpc) is 2.83. The van der Waals surface area contributed by atoms with Crippen molar-refractivity contribution in [3.63, 3.8) is 0 Å². The first kappa shape index (κ1) is 23.7. The minimum Gasteiger partial charge on any atom is -0.493 e. The predicted molar refractivity (Wildman–Crippen MR) is 122 cm³/mol. The summed E-state index contributed by atoms with van der Waals surface area (Å²) in [4.78, 5) is 28.9. The van der Waals surface area contributed by atoms with Crippen LogP contribution in [0.5, 0.6) is 17.2 Å². The Hall–Kier alpha value is -2.97. The first-order chi connectivity index (χ1) is 15.5. The fraction of sp³-hybridized carbons (Fsp3) is 0.391. The third-order valence-electron chi connectivity index (χ3n) is 5.26. The van der Waals surface area contributed by atoms with E-state index in [1.807, 2.05) is 12.1 Å². The smallest absolute Gasteiger partial charge is 0.251 e. The maximum atomic E-state index is 12.5. The Morgan fingerprint density at radius 1 is 0.969 bits per heavy atom. The van der Waals surface area contributed by atoms with Crippen LogP contribution in [0.25, 0.3) is 0 Å². The predicted octanol–water partition coefficient (Wildman–Crippen LogP) is 2.31. The summed E-state index contributed by atoms with van der Waals surface area (Å²) in [6.45, 7) is 4.06. The number of halogens is 1. The van der Waals surface area contributed by atoms with Crippen molar-refractivity contribution in [1.29, 1.82) is 0 Å². The molecule has 172 valence electrons. The quantitative estimate of drug-likeness (QED) is 0.617. The number of rotatable bonds is 9. The first-order valence-corrected chi connectivity index (χ1v) is 10.8. The number of carbonyl (C=O) groups is 2. The molecule has 2 amide bonds. The van der Waals surface area contributed by atoms with Crippen LogP contribution in [0.4, 0.5) is 0 Å². The minimum atomic E-state index is -0.336. The number of benzene rings is 2. The van der Waals surface area contributed by atoms with E-state index in [1.54, 1.807) is 35.2 Å². The second-order valence-electron chi connectivity index (χ2n) is 7.28. The molecule has 0 unspecified atom stereocenters. The number of hydrogen-bond donors (Lipinski definition) is 1. The van der Waals surface area contributed by atoms with E-state index in [0.717, 1.165) is 25.4 Å². The van der Waals surface area contributed by atoms with E-state index < -0.39 is 0 Å². The zero-order chi connectivity index (χ0) is 22.9. The van der Waals surface area contributed by atoms with Crippen LogP contribution in [0.15, 0.2) is 42.5 Å². The molecule has 2 aromatic carbocycles. The van der Waals surface area contributed by atoms with Crippen molar-refractivity contribution in [2.75, 3.05) is 60.1 Å². The van der Waals surface area contributed by atoms with Crippen LogP contribution < -0.4 is 19.5 Å². The summed E-state index contributed by atoms with van der Waals surface area (Å²) >= 11 is 5.87. The maximum Gasteiger partial charge on any atom is 0.251 e. The fourth-order valence-electron chi connectivity index (χ4n) is 3.39. The standard InChI is InChI=1S/C23H28ClN3O5/c1-30-20-8-3-17(15-21(20)31-2)23(29)25-16-22(28)27-11-9-26(10-12-27)13-14-32-19-6-4-18(24)5-7-19/h3-8,15H,9-14,16H2,1-2H3,(H,25,29). The number of carbonyl (C=O) groups excluding carboxylic acids is 2. The molecule has 32 heavy (non-hydrogen) atoms. The van der Waals surface area contributed by atoms with Crippen molar-refractivity contribution in [3.8, 4) is 17.2 Å². The molecule has 1 aliphatic heterocycles. The van der Waals surface area contributed by atoms with Crippen LogP contribution in [0.3, 0.4) is 0 Å². The Kier molecular flexibility index (Phi) is 8.58. The van der Waals surface area contributed by atoms with E-state index in [2.05, 4.69) is 10.2 Å². The van der Waals surface area contributed by atoms with Gasteiger partial charge >= 0.3 is 0 Å². The molecule has 0 saturated carbocycles. The lowest BCUT2D eigenvalue weighted by Gasteiger charge is -2.34. The summed E-state index contributed by atoms with van der Waals surface area (Å²) < 4.78 is 16.1. The highest BCUT2D eigenvalue weighted by Gasteiger charge is 2.21. The van der Waals surface area contributed by atoms with E-state index in [-0.39, 0.29) is 18.4 Å². The van der Waals surface area contributed by atoms with Crippen molar-refractivity contribution < 1.29 is 23.8 Å². The second kappa shape index (κ2) is 11.6. The molecule has 0 spiro atoms. The molecule has 1 heterocycles. The van der Waals surface area contributed by atoms with Gasteiger partial charge in [0.05, 0.1) is 20.8 Å². The monoisotopic (exact) mass is 461 g/mol. The molecule has 8 nitrogen and oxygen atoms in total. The molecule has 3 rings (SSSR count). The highest BCUT2D eigenvalue weighted by molar-refractivity contribution is 6.30. The van der Waals surface area contributed by atoms with Crippen LogP contribution in [0, 0.1) is 0 Å². The Morgan fingerprint density at radius 2 is 1.66 bits per heavy atom. The molecule has 0 radical (unpaired) electrons. The molecular formula is C23H28ClN3O5.